The van der Waals surface area contributed by atoms with E-state index < -0.39 is 0 Å². The number of likely N-dealkylation sites (tertiary alicyclic amines) is 1. The van der Waals surface area contributed by atoms with Crippen LogP contribution in [0.3, 0.4) is 0 Å². The molecule has 1 aliphatic carbocycles. The number of carbonyl (C=O) groups is 1. The van der Waals surface area contributed by atoms with Crippen molar-refractivity contribution in [3.05, 3.63) is 29.8 Å². The first-order chi connectivity index (χ1) is 11.7. The van der Waals surface area contributed by atoms with E-state index in [-0.39, 0.29) is 17.7 Å². The molecule has 4 atom stereocenters. The molecule has 1 aromatic rings. The molecule has 0 radical (unpaired) electrons. The first-order valence-electron chi connectivity index (χ1n) is 9.15. The fourth-order valence-corrected chi connectivity index (χ4v) is 4.52. The number of aryl methyl sites for hydroxylation is 1. The molecule has 24 heavy (non-hydrogen) atoms. The molecular weight excluding hydrogens is 304 g/mol. The smallest absolute Gasteiger partial charge is 0.220 e. The first kappa shape index (κ1) is 15.9. The van der Waals surface area contributed by atoms with Crippen LogP contribution in [0.4, 0.5) is 0 Å². The number of aromatic hydroxyl groups is 1. The third kappa shape index (κ3) is 3.03. The van der Waals surface area contributed by atoms with E-state index in [9.17, 15) is 9.90 Å². The zero-order chi connectivity index (χ0) is 16.5. The van der Waals surface area contributed by atoms with Crippen LogP contribution in [-0.2, 0) is 16.0 Å². The lowest BCUT2D eigenvalue weighted by Gasteiger charge is -2.51. The van der Waals surface area contributed by atoms with E-state index in [2.05, 4.69) is 10.2 Å². The van der Waals surface area contributed by atoms with Gasteiger partial charge in [-0.2, -0.15) is 0 Å². The van der Waals surface area contributed by atoms with E-state index in [0.717, 1.165) is 31.7 Å². The SMILES string of the molecule is O=C(CCc1ccc(O)cc1)N[C@H]1[C@H]2CCO[C@H]2[C@@H]1N1CCCC1. The lowest BCUT2D eigenvalue weighted by atomic mass is 9.70. The van der Waals surface area contributed by atoms with Crippen molar-refractivity contribution in [3.8, 4) is 5.75 Å². The molecule has 2 N–H and O–H groups in total. The standard InChI is InChI=1S/C19H26N2O3/c22-14-6-3-13(4-7-14)5-8-16(23)20-17-15-9-12-24-19(15)18(17)21-10-1-2-11-21/h3-4,6-7,15,17-19,22H,1-2,5,8-12H2,(H,20,23)/t15-,17+,18-,19-/m1/s1. The number of phenols is 1. The molecule has 3 fully saturated rings. The van der Waals surface area contributed by atoms with Crippen LogP contribution in [0.1, 0.15) is 31.2 Å². The number of amides is 1. The number of benzene rings is 1. The van der Waals surface area contributed by atoms with Gasteiger partial charge in [-0.1, -0.05) is 12.1 Å². The maximum atomic E-state index is 12.4. The van der Waals surface area contributed by atoms with Gasteiger partial charge in [-0.25, -0.2) is 0 Å². The minimum absolute atomic E-state index is 0.127. The minimum atomic E-state index is 0.127. The predicted octanol–water partition coefficient (Wildman–Crippen LogP) is 1.69. The molecule has 2 heterocycles. The predicted molar refractivity (Wildman–Crippen MR) is 90.8 cm³/mol. The summed E-state index contributed by atoms with van der Waals surface area (Å²) < 4.78 is 5.91. The third-order valence-electron chi connectivity index (χ3n) is 5.82. The number of nitrogens with one attached hydrogen (secondary N) is 1. The minimum Gasteiger partial charge on any atom is -0.508 e. The van der Waals surface area contributed by atoms with Gasteiger partial charge in [0.25, 0.3) is 0 Å². The molecule has 2 saturated heterocycles. The number of hydrogen-bond acceptors (Lipinski definition) is 4. The second-order valence-corrected chi connectivity index (χ2v) is 7.28. The maximum Gasteiger partial charge on any atom is 0.220 e. The summed E-state index contributed by atoms with van der Waals surface area (Å²) in [7, 11) is 0. The van der Waals surface area contributed by atoms with Gasteiger partial charge in [-0.3, -0.25) is 9.69 Å². The van der Waals surface area contributed by atoms with Crippen LogP contribution in [0.25, 0.3) is 0 Å². The summed E-state index contributed by atoms with van der Waals surface area (Å²) >= 11 is 0. The number of nitrogens with zero attached hydrogens (tertiary/aromatic N) is 1. The number of rotatable bonds is 5. The van der Waals surface area contributed by atoms with Crippen LogP contribution in [-0.4, -0.2) is 53.8 Å². The van der Waals surface area contributed by atoms with Crippen molar-refractivity contribution >= 4 is 5.91 Å². The molecule has 0 aromatic heterocycles. The summed E-state index contributed by atoms with van der Waals surface area (Å²) in [5.41, 5.74) is 1.08. The van der Waals surface area contributed by atoms with Crippen molar-refractivity contribution in [2.75, 3.05) is 19.7 Å². The Morgan fingerprint density at radius 2 is 2.00 bits per heavy atom. The van der Waals surface area contributed by atoms with Gasteiger partial charge in [0.05, 0.1) is 18.2 Å². The molecule has 0 bridgehead atoms. The van der Waals surface area contributed by atoms with E-state index in [0.29, 0.717) is 30.9 Å². The number of carbonyl (C=O) groups excluding carboxylic acids is 1. The Hall–Kier alpha value is -1.59. The number of ether oxygens (including phenoxy) is 1. The lowest BCUT2D eigenvalue weighted by Crippen LogP contribution is -2.70. The Morgan fingerprint density at radius 1 is 1.25 bits per heavy atom. The van der Waals surface area contributed by atoms with Crippen molar-refractivity contribution in [1.29, 1.82) is 0 Å². The summed E-state index contributed by atoms with van der Waals surface area (Å²) in [5.74, 6) is 0.884. The molecule has 1 amide bonds. The van der Waals surface area contributed by atoms with Crippen molar-refractivity contribution in [2.24, 2.45) is 5.92 Å². The van der Waals surface area contributed by atoms with E-state index in [1.54, 1.807) is 12.1 Å². The van der Waals surface area contributed by atoms with Gasteiger partial charge in [0.15, 0.2) is 0 Å². The first-order valence-corrected chi connectivity index (χ1v) is 9.15. The molecule has 130 valence electrons. The summed E-state index contributed by atoms with van der Waals surface area (Å²) in [4.78, 5) is 14.9. The van der Waals surface area contributed by atoms with Crippen LogP contribution in [0, 0.1) is 5.92 Å². The summed E-state index contributed by atoms with van der Waals surface area (Å²) in [6, 6.07) is 7.71. The van der Waals surface area contributed by atoms with Gasteiger partial charge in [-0.05, 0) is 56.5 Å². The summed E-state index contributed by atoms with van der Waals surface area (Å²) in [6.45, 7) is 3.10. The van der Waals surface area contributed by atoms with Crippen molar-refractivity contribution in [2.45, 2.75) is 50.3 Å². The normalized spacial score (nSPS) is 32.3. The zero-order valence-corrected chi connectivity index (χ0v) is 14.0. The second kappa shape index (κ2) is 6.73. The quantitative estimate of drug-likeness (QED) is 0.862. The van der Waals surface area contributed by atoms with Crippen molar-refractivity contribution in [3.63, 3.8) is 0 Å². The summed E-state index contributed by atoms with van der Waals surface area (Å²) in [5, 5.41) is 12.6. The Labute approximate surface area is 143 Å². The molecule has 1 saturated carbocycles. The monoisotopic (exact) mass is 330 g/mol. The highest BCUT2D eigenvalue weighted by molar-refractivity contribution is 5.77. The maximum absolute atomic E-state index is 12.4. The van der Waals surface area contributed by atoms with E-state index in [1.165, 1.54) is 12.8 Å². The molecule has 0 unspecified atom stereocenters. The van der Waals surface area contributed by atoms with Gasteiger partial charge in [0.1, 0.15) is 5.75 Å². The number of fused-ring (bicyclic) bond motifs is 1. The Bertz CT molecular complexity index is 578. The lowest BCUT2D eigenvalue weighted by molar-refractivity contribution is -0.128. The highest BCUT2D eigenvalue weighted by Crippen LogP contribution is 2.42. The molecule has 4 rings (SSSR count). The molecular formula is C19H26N2O3. The molecule has 3 aliphatic rings. The second-order valence-electron chi connectivity index (χ2n) is 7.28. The van der Waals surface area contributed by atoms with E-state index >= 15 is 0 Å². The van der Waals surface area contributed by atoms with Crippen molar-refractivity contribution < 1.29 is 14.6 Å². The summed E-state index contributed by atoms with van der Waals surface area (Å²) in [6.07, 6.45) is 5.11. The molecule has 5 heteroatoms. The third-order valence-corrected chi connectivity index (χ3v) is 5.82. The Kier molecular flexibility index (Phi) is 4.46. The highest BCUT2D eigenvalue weighted by atomic mass is 16.5. The van der Waals surface area contributed by atoms with Gasteiger partial charge in [0.2, 0.25) is 5.91 Å². The molecule has 0 spiro atoms. The Balaban J connectivity index is 1.33. The number of phenolic OH excluding ortho intramolecular Hbond substituents is 1. The van der Waals surface area contributed by atoms with Crippen LogP contribution in [0.2, 0.25) is 0 Å². The molecule has 5 nitrogen and oxygen atoms in total. The van der Waals surface area contributed by atoms with Crippen LogP contribution >= 0.6 is 0 Å². The molecule has 2 aliphatic heterocycles. The van der Waals surface area contributed by atoms with E-state index in [1.807, 2.05) is 12.1 Å². The van der Waals surface area contributed by atoms with Crippen LogP contribution < -0.4 is 5.32 Å². The van der Waals surface area contributed by atoms with E-state index in [4.69, 9.17) is 4.74 Å². The van der Waals surface area contributed by atoms with Gasteiger partial charge in [-0.15, -0.1) is 0 Å². The fourth-order valence-electron chi connectivity index (χ4n) is 4.52. The topological polar surface area (TPSA) is 61.8 Å². The average Bonchev–Trinajstić information content (AvgIpc) is 3.23. The van der Waals surface area contributed by atoms with Crippen LogP contribution in [0.5, 0.6) is 5.75 Å². The van der Waals surface area contributed by atoms with Gasteiger partial charge in [0, 0.05) is 18.9 Å². The number of hydrogen-bond donors (Lipinski definition) is 2. The van der Waals surface area contributed by atoms with Gasteiger partial charge < -0.3 is 15.2 Å². The fraction of sp³-hybridized carbons (Fsp3) is 0.632. The average molecular weight is 330 g/mol. The zero-order valence-electron chi connectivity index (χ0n) is 14.0. The highest BCUT2D eigenvalue weighted by Gasteiger charge is 2.56. The van der Waals surface area contributed by atoms with Gasteiger partial charge >= 0.3 is 0 Å². The Morgan fingerprint density at radius 3 is 2.75 bits per heavy atom. The van der Waals surface area contributed by atoms with Crippen molar-refractivity contribution in [1.82, 2.24) is 10.2 Å². The van der Waals surface area contributed by atoms with Crippen LogP contribution in [0.15, 0.2) is 24.3 Å². The largest absolute Gasteiger partial charge is 0.508 e. The molecule has 1 aromatic carbocycles.